The highest BCUT2D eigenvalue weighted by molar-refractivity contribution is 5.57. The van der Waals surface area contributed by atoms with Crippen LogP contribution < -0.4 is 10.6 Å². The molecule has 0 aromatic heterocycles. The SMILES string of the molecule is Cc1ccc(N(C)CC(N)CO)c(C)c1C. The van der Waals surface area contributed by atoms with Gasteiger partial charge in [-0.25, -0.2) is 0 Å². The summed E-state index contributed by atoms with van der Waals surface area (Å²) in [6, 6.07) is 4.05. The summed E-state index contributed by atoms with van der Waals surface area (Å²) in [7, 11) is 2.01. The van der Waals surface area contributed by atoms with E-state index in [9.17, 15) is 0 Å². The molecule has 0 saturated heterocycles. The largest absolute Gasteiger partial charge is 0.395 e. The fourth-order valence-electron chi connectivity index (χ4n) is 1.86. The molecular weight excluding hydrogens is 200 g/mol. The van der Waals surface area contributed by atoms with Crippen molar-refractivity contribution in [2.24, 2.45) is 5.73 Å². The molecule has 0 radical (unpaired) electrons. The fourth-order valence-corrected chi connectivity index (χ4v) is 1.86. The van der Waals surface area contributed by atoms with Crippen LogP contribution in [0.4, 0.5) is 5.69 Å². The molecule has 0 bridgehead atoms. The van der Waals surface area contributed by atoms with Gasteiger partial charge in [-0.05, 0) is 43.5 Å². The molecule has 1 unspecified atom stereocenters. The number of rotatable bonds is 4. The van der Waals surface area contributed by atoms with Gasteiger partial charge in [-0.1, -0.05) is 6.07 Å². The van der Waals surface area contributed by atoms with Crippen molar-refractivity contribution < 1.29 is 5.11 Å². The summed E-state index contributed by atoms with van der Waals surface area (Å²) in [5, 5.41) is 8.95. The van der Waals surface area contributed by atoms with Gasteiger partial charge in [0.2, 0.25) is 0 Å². The first-order valence-electron chi connectivity index (χ1n) is 5.61. The second kappa shape index (κ2) is 5.32. The number of likely N-dealkylation sites (N-methyl/N-ethyl adjacent to an activating group) is 1. The summed E-state index contributed by atoms with van der Waals surface area (Å²) in [6.07, 6.45) is 0. The molecule has 1 rings (SSSR count). The Morgan fingerprint density at radius 3 is 2.44 bits per heavy atom. The quantitative estimate of drug-likeness (QED) is 0.809. The van der Waals surface area contributed by atoms with Crippen molar-refractivity contribution in [3.05, 3.63) is 28.8 Å². The summed E-state index contributed by atoms with van der Waals surface area (Å²) in [4.78, 5) is 2.10. The molecule has 0 amide bonds. The van der Waals surface area contributed by atoms with Crippen molar-refractivity contribution >= 4 is 5.69 Å². The van der Waals surface area contributed by atoms with Gasteiger partial charge in [0, 0.05) is 25.3 Å². The highest BCUT2D eigenvalue weighted by atomic mass is 16.3. The summed E-state index contributed by atoms with van der Waals surface area (Å²) in [6.45, 7) is 7.06. The lowest BCUT2D eigenvalue weighted by atomic mass is 10.0. The Labute approximate surface area is 97.9 Å². The van der Waals surface area contributed by atoms with Crippen LogP contribution in [0, 0.1) is 20.8 Å². The standard InChI is InChI=1S/C13H22N2O/c1-9-5-6-13(11(3)10(9)2)15(4)7-12(14)8-16/h5-6,12,16H,7-8,14H2,1-4H3. The second-order valence-electron chi connectivity index (χ2n) is 4.47. The van der Waals surface area contributed by atoms with Gasteiger partial charge in [0.1, 0.15) is 0 Å². The van der Waals surface area contributed by atoms with Crippen molar-refractivity contribution in [1.82, 2.24) is 0 Å². The fraction of sp³-hybridized carbons (Fsp3) is 0.538. The van der Waals surface area contributed by atoms with Gasteiger partial charge in [0.15, 0.2) is 0 Å². The van der Waals surface area contributed by atoms with Crippen LogP contribution in [0.3, 0.4) is 0 Å². The Morgan fingerprint density at radius 2 is 1.88 bits per heavy atom. The third-order valence-corrected chi connectivity index (χ3v) is 3.18. The van der Waals surface area contributed by atoms with E-state index in [2.05, 4.69) is 37.8 Å². The maximum atomic E-state index is 8.95. The van der Waals surface area contributed by atoms with Gasteiger partial charge in [0.25, 0.3) is 0 Å². The molecule has 1 aromatic carbocycles. The molecule has 0 aliphatic carbocycles. The first kappa shape index (κ1) is 13.0. The Balaban J connectivity index is 2.92. The second-order valence-corrected chi connectivity index (χ2v) is 4.47. The highest BCUT2D eigenvalue weighted by Crippen LogP contribution is 2.24. The van der Waals surface area contributed by atoms with E-state index in [-0.39, 0.29) is 12.6 Å². The monoisotopic (exact) mass is 222 g/mol. The zero-order valence-electron chi connectivity index (χ0n) is 10.6. The lowest BCUT2D eigenvalue weighted by Crippen LogP contribution is -2.38. The zero-order valence-corrected chi connectivity index (χ0v) is 10.6. The van der Waals surface area contributed by atoms with Crippen LogP contribution in [-0.4, -0.2) is 31.3 Å². The Hall–Kier alpha value is -1.06. The van der Waals surface area contributed by atoms with E-state index >= 15 is 0 Å². The van der Waals surface area contributed by atoms with Crippen molar-refractivity contribution in [2.45, 2.75) is 26.8 Å². The Morgan fingerprint density at radius 1 is 1.25 bits per heavy atom. The van der Waals surface area contributed by atoms with Gasteiger partial charge >= 0.3 is 0 Å². The Kier molecular flexibility index (Phi) is 4.33. The lowest BCUT2D eigenvalue weighted by Gasteiger charge is -2.25. The predicted molar refractivity (Wildman–Crippen MR) is 69.0 cm³/mol. The molecule has 0 aliphatic heterocycles. The van der Waals surface area contributed by atoms with Crippen LogP contribution in [0.15, 0.2) is 12.1 Å². The van der Waals surface area contributed by atoms with E-state index in [4.69, 9.17) is 10.8 Å². The van der Waals surface area contributed by atoms with E-state index in [1.165, 1.54) is 22.4 Å². The maximum absolute atomic E-state index is 8.95. The summed E-state index contributed by atoms with van der Waals surface area (Å²) in [5.74, 6) is 0. The zero-order chi connectivity index (χ0) is 12.3. The summed E-state index contributed by atoms with van der Waals surface area (Å²) < 4.78 is 0. The number of hydrogen-bond donors (Lipinski definition) is 2. The number of aliphatic hydroxyl groups excluding tert-OH is 1. The van der Waals surface area contributed by atoms with Crippen LogP contribution in [-0.2, 0) is 0 Å². The molecule has 16 heavy (non-hydrogen) atoms. The van der Waals surface area contributed by atoms with E-state index in [0.29, 0.717) is 6.54 Å². The van der Waals surface area contributed by atoms with Crippen LogP contribution in [0.25, 0.3) is 0 Å². The minimum atomic E-state index is -0.189. The molecule has 0 heterocycles. The van der Waals surface area contributed by atoms with Crippen LogP contribution >= 0.6 is 0 Å². The summed E-state index contributed by atoms with van der Waals surface area (Å²) in [5.41, 5.74) is 10.8. The number of nitrogens with zero attached hydrogens (tertiary/aromatic N) is 1. The molecule has 90 valence electrons. The van der Waals surface area contributed by atoms with Crippen LogP contribution in [0.1, 0.15) is 16.7 Å². The van der Waals surface area contributed by atoms with E-state index < -0.39 is 0 Å². The number of anilines is 1. The average molecular weight is 222 g/mol. The van der Waals surface area contributed by atoms with Crippen molar-refractivity contribution in [3.8, 4) is 0 Å². The smallest absolute Gasteiger partial charge is 0.0599 e. The third-order valence-electron chi connectivity index (χ3n) is 3.18. The van der Waals surface area contributed by atoms with E-state index in [1.807, 2.05) is 7.05 Å². The minimum absolute atomic E-state index is 0.0221. The molecule has 3 heteroatoms. The van der Waals surface area contributed by atoms with Crippen molar-refractivity contribution in [2.75, 3.05) is 25.1 Å². The first-order valence-corrected chi connectivity index (χ1v) is 5.61. The van der Waals surface area contributed by atoms with Crippen LogP contribution in [0.2, 0.25) is 0 Å². The lowest BCUT2D eigenvalue weighted by molar-refractivity contribution is 0.267. The van der Waals surface area contributed by atoms with Gasteiger partial charge in [-0.3, -0.25) is 0 Å². The molecule has 3 N–H and O–H groups in total. The molecule has 0 fully saturated rings. The van der Waals surface area contributed by atoms with E-state index in [0.717, 1.165) is 0 Å². The van der Waals surface area contributed by atoms with Crippen molar-refractivity contribution in [1.29, 1.82) is 0 Å². The minimum Gasteiger partial charge on any atom is -0.395 e. The van der Waals surface area contributed by atoms with Crippen molar-refractivity contribution in [3.63, 3.8) is 0 Å². The third kappa shape index (κ3) is 2.74. The Bertz CT molecular complexity index is 363. The number of benzene rings is 1. The number of aryl methyl sites for hydroxylation is 1. The van der Waals surface area contributed by atoms with Gasteiger partial charge in [-0.2, -0.15) is 0 Å². The molecule has 1 aromatic rings. The number of aliphatic hydroxyl groups is 1. The van der Waals surface area contributed by atoms with Gasteiger partial charge in [0.05, 0.1) is 6.61 Å². The predicted octanol–water partition coefficient (Wildman–Crippen LogP) is 1.37. The van der Waals surface area contributed by atoms with E-state index in [1.54, 1.807) is 0 Å². The maximum Gasteiger partial charge on any atom is 0.0599 e. The first-order chi connectivity index (χ1) is 7.47. The number of nitrogens with two attached hydrogens (primary N) is 1. The molecule has 3 nitrogen and oxygen atoms in total. The topological polar surface area (TPSA) is 49.5 Å². The van der Waals surface area contributed by atoms with Crippen LogP contribution in [0.5, 0.6) is 0 Å². The normalized spacial score (nSPS) is 12.6. The number of hydrogen-bond acceptors (Lipinski definition) is 3. The molecule has 0 aliphatic rings. The molecule has 0 spiro atoms. The average Bonchev–Trinajstić information content (AvgIpc) is 2.25. The highest BCUT2D eigenvalue weighted by Gasteiger charge is 2.10. The molecule has 1 atom stereocenters. The van der Waals surface area contributed by atoms with Gasteiger partial charge < -0.3 is 15.7 Å². The molecular formula is C13H22N2O. The summed E-state index contributed by atoms with van der Waals surface area (Å²) >= 11 is 0. The molecule has 0 saturated carbocycles. The van der Waals surface area contributed by atoms with Gasteiger partial charge in [-0.15, -0.1) is 0 Å².